The lowest BCUT2D eigenvalue weighted by Crippen LogP contribution is -2.17. The van der Waals surface area contributed by atoms with Gasteiger partial charge in [0.2, 0.25) is 0 Å². The molecule has 1 aliphatic heterocycles. The van der Waals surface area contributed by atoms with E-state index in [1.807, 2.05) is 11.3 Å². The van der Waals surface area contributed by atoms with Crippen molar-refractivity contribution in [1.29, 1.82) is 0 Å². The molecule has 1 unspecified atom stereocenters. The van der Waals surface area contributed by atoms with Crippen LogP contribution in [0.1, 0.15) is 41.2 Å². The number of fused-ring (bicyclic) bond motifs is 10. The molecule has 0 fully saturated rings. The van der Waals surface area contributed by atoms with Crippen molar-refractivity contribution in [3.63, 3.8) is 0 Å². The Labute approximate surface area is 340 Å². The van der Waals surface area contributed by atoms with Gasteiger partial charge in [-0.1, -0.05) is 146 Å². The van der Waals surface area contributed by atoms with Crippen molar-refractivity contribution in [3.05, 3.63) is 204 Å². The zero-order chi connectivity index (χ0) is 38.3. The fourth-order valence-electron chi connectivity index (χ4n) is 9.50. The molecule has 274 valence electrons. The number of allylic oxidation sites excluding steroid dienone is 1. The van der Waals surface area contributed by atoms with Gasteiger partial charge in [0.15, 0.2) is 5.84 Å². The number of thiophene rings is 1. The van der Waals surface area contributed by atoms with E-state index in [4.69, 9.17) is 9.98 Å². The van der Waals surface area contributed by atoms with Gasteiger partial charge in [-0.3, -0.25) is 0 Å². The van der Waals surface area contributed by atoms with Gasteiger partial charge in [-0.05, 0) is 87.8 Å². The fourth-order valence-corrected chi connectivity index (χ4v) is 10.6. The van der Waals surface area contributed by atoms with E-state index >= 15 is 0 Å². The summed E-state index contributed by atoms with van der Waals surface area (Å²) in [6.45, 7) is 2.32. The third kappa shape index (κ3) is 5.18. The monoisotopic (exact) mass is 759 g/mol. The summed E-state index contributed by atoms with van der Waals surface area (Å²) in [5.74, 6) is 0.880. The largest absolute Gasteiger partial charge is 0.309 e. The molecule has 0 radical (unpaired) electrons. The number of benzene rings is 8. The SMILES string of the molecule is CC1C/C=C(\c2c(-n3c4ccccc4c4cc5ccccc5cc43)ccc3c2Cc2ccccc2-3)N=C(c2ccccc2)N=C1c1ccc2c(c1)sc1ccccc12. The lowest BCUT2D eigenvalue weighted by atomic mass is 9.91. The van der Waals surface area contributed by atoms with Crippen molar-refractivity contribution in [2.24, 2.45) is 15.9 Å². The topological polar surface area (TPSA) is 29.6 Å². The van der Waals surface area contributed by atoms with Gasteiger partial charge in [0.1, 0.15) is 0 Å². The Hall–Kier alpha value is -6.88. The molecule has 58 heavy (non-hydrogen) atoms. The zero-order valence-electron chi connectivity index (χ0n) is 32.0. The minimum Gasteiger partial charge on any atom is -0.309 e. The van der Waals surface area contributed by atoms with Crippen LogP contribution in [0.25, 0.3) is 75.3 Å². The van der Waals surface area contributed by atoms with E-state index in [-0.39, 0.29) is 5.92 Å². The van der Waals surface area contributed by atoms with Gasteiger partial charge in [-0.2, -0.15) is 0 Å². The molecule has 3 nitrogen and oxygen atoms in total. The van der Waals surface area contributed by atoms with Crippen LogP contribution >= 0.6 is 11.3 Å². The summed E-state index contributed by atoms with van der Waals surface area (Å²) in [5.41, 5.74) is 14.2. The smallest absolute Gasteiger partial charge is 0.160 e. The first-order chi connectivity index (χ1) is 28.7. The number of para-hydroxylation sites is 1. The predicted molar refractivity (Wildman–Crippen MR) is 247 cm³/mol. The Morgan fingerprint density at radius 3 is 2.19 bits per heavy atom. The molecule has 3 heterocycles. The number of amidine groups is 1. The highest BCUT2D eigenvalue weighted by molar-refractivity contribution is 7.25. The van der Waals surface area contributed by atoms with Crippen molar-refractivity contribution in [1.82, 2.24) is 4.57 Å². The predicted octanol–water partition coefficient (Wildman–Crippen LogP) is 14.2. The van der Waals surface area contributed by atoms with Crippen LogP contribution in [-0.2, 0) is 6.42 Å². The van der Waals surface area contributed by atoms with E-state index in [9.17, 15) is 0 Å². The summed E-state index contributed by atoms with van der Waals surface area (Å²) in [6.07, 6.45) is 4.05. The third-order valence-corrected chi connectivity index (χ3v) is 13.4. The Balaban J connectivity index is 1.12. The molecule has 0 bridgehead atoms. The van der Waals surface area contributed by atoms with Gasteiger partial charge < -0.3 is 4.57 Å². The highest BCUT2D eigenvalue weighted by atomic mass is 32.1. The summed E-state index contributed by atoms with van der Waals surface area (Å²) in [6, 6.07) is 62.0. The first-order valence-electron chi connectivity index (χ1n) is 20.2. The van der Waals surface area contributed by atoms with Crippen LogP contribution in [0.4, 0.5) is 0 Å². The Bertz CT molecular complexity index is 3410. The maximum Gasteiger partial charge on any atom is 0.160 e. The third-order valence-electron chi connectivity index (χ3n) is 12.3. The van der Waals surface area contributed by atoms with Crippen LogP contribution < -0.4 is 0 Å². The molecule has 4 heteroatoms. The molecular formula is C54H37N3S. The maximum atomic E-state index is 5.68. The van der Waals surface area contributed by atoms with Crippen molar-refractivity contribution in [2.45, 2.75) is 19.8 Å². The van der Waals surface area contributed by atoms with Gasteiger partial charge in [0, 0.05) is 48.0 Å². The Kier molecular flexibility index (Phi) is 7.51. The number of aromatic nitrogens is 1. The van der Waals surface area contributed by atoms with E-state index < -0.39 is 0 Å². The molecule has 0 saturated heterocycles. The molecule has 12 rings (SSSR count). The van der Waals surface area contributed by atoms with Crippen LogP contribution in [-0.4, -0.2) is 16.1 Å². The second-order valence-corrected chi connectivity index (χ2v) is 16.8. The number of aliphatic imine (C=N–C) groups is 2. The van der Waals surface area contributed by atoms with Crippen molar-refractivity contribution >= 4 is 81.3 Å². The van der Waals surface area contributed by atoms with Crippen LogP contribution in [0.3, 0.4) is 0 Å². The van der Waals surface area contributed by atoms with E-state index in [0.717, 1.165) is 46.9 Å². The van der Waals surface area contributed by atoms with Crippen LogP contribution in [0.2, 0.25) is 0 Å². The number of nitrogens with zero attached hydrogens (tertiary/aromatic N) is 3. The number of hydrogen-bond donors (Lipinski definition) is 0. The lowest BCUT2D eigenvalue weighted by molar-refractivity contribution is 0.790. The molecule has 0 spiro atoms. The summed E-state index contributed by atoms with van der Waals surface area (Å²) in [5, 5.41) is 7.58. The zero-order valence-corrected chi connectivity index (χ0v) is 32.8. The summed E-state index contributed by atoms with van der Waals surface area (Å²) in [7, 11) is 0. The van der Waals surface area contributed by atoms with E-state index in [0.29, 0.717) is 0 Å². The van der Waals surface area contributed by atoms with Gasteiger partial charge in [-0.15, -0.1) is 11.3 Å². The molecule has 1 atom stereocenters. The summed E-state index contributed by atoms with van der Waals surface area (Å²) in [4.78, 5) is 11.3. The van der Waals surface area contributed by atoms with Gasteiger partial charge >= 0.3 is 0 Å². The normalized spacial score (nSPS) is 16.2. The highest BCUT2D eigenvalue weighted by Gasteiger charge is 2.28. The second kappa shape index (κ2) is 13.1. The van der Waals surface area contributed by atoms with E-state index in [1.54, 1.807) is 0 Å². The molecule has 8 aromatic carbocycles. The minimum atomic E-state index is 0.146. The first-order valence-corrected chi connectivity index (χ1v) is 21.0. The molecule has 10 aromatic rings. The van der Waals surface area contributed by atoms with Crippen molar-refractivity contribution in [2.75, 3.05) is 0 Å². The van der Waals surface area contributed by atoms with Gasteiger partial charge in [-0.25, -0.2) is 9.98 Å². The molecule has 2 aliphatic rings. The minimum absolute atomic E-state index is 0.146. The van der Waals surface area contributed by atoms with Crippen molar-refractivity contribution in [3.8, 4) is 16.8 Å². The first kappa shape index (κ1) is 33.3. The maximum absolute atomic E-state index is 5.68. The summed E-state index contributed by atoms with van der Waals surface area (Å²) >= 11 is 1.85. The number of hydrogen-bond acceptors (Lipinski definition) is 3. The Morgan fingerprint density at radius 2 is 1.29 bits per heavy atom. The van der Waals surface area contributed by atoms with Crippen LogP contribution in [0.15, 0.2) is 186 Å². The van der Waals surface area contributed by atoms with Gasteiger partial charge in [0.25, 0.3) is 0 Å². The number of rotatable bonds is 4. The average molecular weight is 760 g/mol. The van der Waals surface area contributed by atoms with Crippen LogP contribution in [0, 0.1) is 5.92 Å². The lowest BCUT2D eigenvalue weighted by Gasteiger charge is -2.22. The quantitative estimate of drug-likeness (QED) is 0.171. The molecule has 0 amide bonds. The van der Waals surface area contributed by atoms with Crippen LogP contribution in [0.5, 0.6) is 0 Å². The molecular weight excluding hydrogens is 723 g/mol. The average Bonchev–Trinajstić information content (AvgIpc) is 3.94. The molecule has 1 aliphatic carbocycles. The highest BCUT2D eigenvalue weighted by Crippen LogP contribution is 2.46. The molecule has 0 saturated carbocycles. The Morgan fingerprint density at radius 1 is 0.552 bits per heavy atom. The molecule has 0 N–H and O–H groups in total. The van der Waals surface area contributed by atoms with E-state index in [1.165, 1.54) is 80.6 Å². The van der Waals surface area contributed by atoms with Crippen molar-refractivity contribution < 1.29 is 0 Å². The summed E-state index contributed by atoms with van der Waals surface area (Å²) < 4.78 is 5.09. The van der Waals surface area contributed by atoms with E-state index in [2.05, 4.69) is 187 Å². The fraction of sp³-hybridized carbons (Fsp3) is 0.0741. The molecule has 2 aromatic heterocycles. The van der Waals surface area contributed by atoms with Gasteiger partial charge in [0.05, 0.1) is 28.1 Å². The standard InChI is InChI=1S/C54H37N3S/c1-33-23-27-46(55-54(34-13-3-2-4-14-34)56-53(33)38-24-25-43-42-20-10-12-22-50(42)58-51(43)32-38)52-45-30-37-17-7-8-18-39(37)40(45)26-28-48(52)57-47-21-11-9-19-41(47)44-29-35-15-5-6-16-36(35)31-49(44)57/h2-22,24-29,31-33H,23,30H2,1H3/b46-27+,55-54?,56-53?. The second-order valence-electron chi connectivity index (χ2n) is 15.7.